The molecular weight excluding hydrogens is 412 g/mol. The summed E-state index contributed by atoms with van der Waals surface area (Å²) in [5.74, 6) is 0.748. The van der Waals surface area contributed by atoms with Crippen LogP contribution in [-0.2, 0) is 0 Å². The van der Waals surface area contributed by atoms with Crippen LogP contribution in [0.5, 0.6) is 0 Å². The summed E-state index contributed by atoms with van der Waals surface area (Å²) in [6, 6.07) is 11.3. The summed E-state index contributed by atoms with van der Waals surface area (Å²) in [5, 5.41) is 15.2. The number of amides is 1. The van der Waals surface area contributed by atoms with E-state index in [0.717, 1.165) is 10.6 Å². The van der Waals surface area contributed by atoms with Crippen LogP contribution in [0.15, 0.2) is 53.3 Å². The molecular formula is C22H20N6O2S. The van der Waals surface area contributed by atoms with E-state index < -0.39 is 0 Å². The van der Waals surface area contributed by atoms with Crippen molar-refractivity contribution < 1.29 is 9.21 Å². The van der Waals surface area contributed by atoms with E-state index in [4.69, 9.17) is 9.40 Å². The number of H-pyrrole nitrogens is 1. The SMILES string of the molecule is Cc1ccc(-c2cc(NC(=O)c3cc(-c4ccco4)nc4c3cnn4C(C)C)n[nH]2)s1. The standard InChI is InChI=1S/C22H20N6O2S/c1-12(2)28-21-15(11-23-28)14(9-16(24-21)18-5-4-8-30-18)22(29)25-20-10-17(26-27-20)19-7-6-13(3)31-19/h4-12H,1-3H3,(H2,25,26,27,29). The number of aromatic nitrogens is 5. The molecule has 0 aromatic carbocycles. The van der Waals surface area contributed by atoms with Gasteiger partial charge >= 0.3 is 0 Å². The summed E-state index contributed by atoms with van der Waals surface area (Å²) in [4.78, 5) is 20.2. The summed E-state index contributed by atoms with van der Waals surface area (Å²) < 4.78 is 7.31. The molecule has 5 aromatic heterocycles. The summed E-state index contributed by atoms with van der Waals surface area (Å²) in [6.07, 6.45) is 3.26. The highest BCUT2D eigenvalue weighted by Gasteiger charge is 2.20. The predicted octanol–water partition coefficient (Wildman–Crippen LogP) is 5.28. The zero-order valence-corrected chi connectivity index (χ0v) is 18.0. The van der Waals surface area contributed by atoms with Gasteiger partial charge in [-0.25, -0.2) is 9.67 Å². The third kappa shape index (κ3) is 3.53. The van der Waals surface area contributed by atoms with Crippen molar-refractivity contribution in [2.45, 2.75) is 26.8 Å². The molecule has 5 heterocycles. The maximum Gasteiger partial charge on any atom is 0.257 e. The number of aryl methyl sites for hydroxylation is 1. The van der Waals surface area contributed by atoms with Crippen LogP contribution in [0.1, 0.15) is 35.1 Å². The lowest BCUT2D eigenvalue weighted by molar-refractivity contribution is 0.102. The van der Waals surface area contributed by atoms with Gasteiger partial charge in [0.25, 0.3) is 5.91 Å². The minimum atomic E-state index is -0.288. The van der Waals surface area contributed by atoms with Crippen molar-refractivity contribution in [1.82, 2.24) is 25.0 Å². The Morgan fingerprint density at radius 2 is 2.13 bits per heavy atom. The molecule has 0 radical (unpaired) electrons. The number of nitrogens with one attached hydrogen (secondary N) is 2. The van der Waals surface area contributed by atoms with E-state index in [-0.39, 0.29) is 11.9 Å². The molecule has 5 rings (SSSR count). The lowest BCUT2D eigenvalue weighted by atomic mass is 10.1. The molecule has 0 saturated heterocycles. The third-order valence-electron chi connectivity index (χ3n) is 4.90. The average Bonchev–Trinajstić information content (AvgIpc) is 3.52. The molecule has 0 spiro atoms. The first-order chi connectivity index (χ1) is 15.0. The van der Waals surface area contributed by atoms with Crippen LogP contribution in [0.25, 0.3) is 33.1 Å². The number of nitrogens with zero attached hydrogens (tertiary/aromatic N) is 4. The molecule has 0 aliphatic heterocycles. The zero-order chi connectivity index (χ0) is 21.5. The molecule has 5 aromatic rings. The highest BCUT2D eigenvalue weighted by molar-refractivity contribution is 7.15. The summed E-state index contributed by atoms with van der Waals surface area (Å²) in [6.45, 7) is 6.09. The molecule has 2 N–H and O–H groups in total. The molecule has 0 unspecified atom stereocenters. The monoisotopic (exact) mass is 432 g/mol. The average molecular weight is 433 g/mol. The van der Waals surface area contributed by atoms with E-state index in [1.165, 1.54) is 4.88 Å². The van der Waals surface area contributed by atoms with E-state index in [2.05, 4.69) is 33.6 Å². The smallest absolute Gasteiger partial charge is 0.257 e. The number of carbonyl (C=O) groups excluding carboxylic acids is 1. The van der Waals surface area contributed by atoms with Gasteiger partial charge < -0.3 is 9.73 Å². The summed E-state index contributed by atoms with van der Waals surface area (Å²) >= 11 is 1.66. The first kappa shape index (κ1) is 19.3. The molecule has 0 atom stereocenters. The molecule has 0 saturated carbocycles. The number of rotatable bonds is 5. The number of hydrogen-bond acceptors (Lipinski definition) is 6. The van der Waals surface area contributed by atoms with E-state index in [1.54, 1.807) is 40.6 Å². The predicted molar refractivity (Wildman–Crippen MR) is 120 cm³/mol. The number of pyridine rings is 1. The van der Waals surface area contributed by atoms with Crippen molar-refractivity contribution >= 4 is 34.1 Å². The Labute approximate surface area is 181 Å². The van der Waals surface area contributed by atoms with Gasteiger partial charge in [0.15, 0.2) is 17.2 Å². The van der Waals surface area contributed by atoms with Crippen LogP contribution >= 0.6 is 11.3 Å². The van der Waals surface area contributed by atoms with Crippen molar-refractivity contribution in [3.05, 3.63) is 59.3 Å². The summed E-state index contributed by atoms with van der Waals surface area (Å²) in [7, 11) is 0. The van der Waals surface area contributed by atoms with Crippen molar-refractivity contribution in [2.75, 3.05) is 5.32 Å². The Bertz CT molecular complexity index is 1380. The van der Waals surface area contributed by atoms with Gasteiger partial charge in [-0.15, -0.1) is 11.3 Å². The van der Waals surface area contributed by atoms with Crippen LogP contribution in [0.3, 0.4) is 0 Å². The Hall–Kier alpha value is -3.72. The molecule has 1 amide bonds. The fourth-order valence-corrected chi connectivity index (χ4v) is 4.24. The van der Waals surface area contributed by atoms with Gasteiger partial charge in [-0.1, -0.05) is 0 Å². The van der Waals surface area contributed by atoms with Gasteiger partial charge in [-0.2, -0.15) is 10.2 Å². The van der Waals surface area contributed by atoms with Crippen LogP contribution in [0.4, 0.5) is 5.82 Å². The molecule has 9 heteroatoms. The quantitative estimate of drug-likeness (QED) is 0.393. The van der Waals surface area contributed by atoms with Gasteiger partial charge in [-0.3, -0.25) is 9.89 Å². The van der Waals surface area contributed by atoms with Crippen molar-refractivity contribution in [2.24, 2.45) is 0 Å². The maximum atomic E-state index is 13.2. The van der Waals surface area contributed by atoms with E-state index in [9.17, 15) is 4.79 Å². The number of anilines is 1. The number of thiophene rings is 1. The minimum Gasteiger partial charge on any atom is -0.463 e. The molecule has 8 nitrogen and oxygen atoms in total. The second-order valence-corrected chi connectivity index (χ2v) is 8.77. The van der Waals surface area contributed by atoms with Crippen LogP contribution in [0.2, 0.25) is 0 Å². The fraction of sp³-hybridized carbons (Fsp3) is 0.182. The van der Waals surface area contributed by atoms with Gasteiger partial charge in [0.05, 0.1) is 34.0 Å². The number of carbonyl (C=O) groups is 1. The number of fused-ring (bicyclic) bond motifs is 1. The highest BCUT2D eigenvalue weighted by atomic mass is 32.1. The molecule has 31 heavy (non-hydrogen) atoms. The maximum absolute atomic E-state index is 13.2. The summed E-state index contributed by atoms with van der Waals surface area (Å²) in [5.41, 5.74) is 2.52. The van der Waals surface area contributed by atoms with Crippen LogP contribution in [-0.4, -0.2) is 30.9 Å². The molecule has 156 valence electrons. The molecule has 0 aliphatic carbocycles. The van der Waals surface area contributed by atoms with Crippen molar-refractivity contribution in [3.63, 3.8) is 0 Å². The van der Waals surface area contributed by atoms with Gasteiger partial charge in [-0.05, 0) is 51.1 Å². The Morgan fingerprint density at radius 1 is 1.26 bits per heavy atom. The number of hydrogen-bond donors (Lipinski definition) is 2. The normalized spacial score (nSPS) is 11.5. The molecule has 0 bridgehead atoms. The van der Waals surface area contributed by atoms with Crippen LogP contribution in [0, 0.1) is 6.92 Å². The topological polar surface area (TPSA) is 102 Å². The highest BCUT2D eigenvalue weighted by Crippen LogP contribution is 2.29. The van der Waals surface area contributed by atoms with Crippen molar-refractivity contribution in [1.29, 1.82) is 0 Å². The van der Waals surface area contributed by atoms with Gasteiger partial charge in [0, 0.05) is 17.0 Å². The number of furan rings is 1. The minimum absolute atomic E-state index is 0.0934. The zero-order valence-electron chi connectivity index (χ0n) is 17.2. The van der Waals surface area contributed by atoms with E-state index >= 15 is 0 Å². The Balaban J connectivity index is 1.53. The number of aromatic amines is 1. The lowest BCUT2D eigenvalue weighted by Gasteiger charge is -2.09. The Morgan fingerprint density at radius 3 is 2.84 bits per heavy atom. The van der Waals surface area contributed by atoms with Gasteiger partial charge in [0.2, 0.25) is 0 Å². The van der Waals surface area contributed by atoms with Crippen molar-refractivity contribution in [3.8, 4) is 22.0 Å². The van der Waals surface area contributed by atoms with E-state index in [1.807, 2.05) is 32.0 Å². The van der Waals surface area contributed by atoms with Crippen LogP contribution < -0.4 is 5.32 Å². The largest absolute Gasteiger partial charge is 0.463 e. The molecule has 0 aliphatic rings. The lowest BCUT2D eigenvalue weighted by Crippen LogP contribution is -2.13. The first-order valence-electron chi connectivity index (χ1n) is 9.85. The second kappa shape index (κ2) is 7.51. The third-order valence-corrected chi connectivity index (χ3v) is 5.93. The second-order valence-electron chi connectivity index (χ2n) is 7.48. The van der Waals surface area contributed by atoms with Gasteiger partial charge in [0.1, 0.15) is 5.69 Å². The Kier molecular flexibility index (Phi) is 4.67. The fourth-order valence-electron chi connectivity index (χ4n) is 3.41. The first-order valence-corrected chi connectivity index (χ1v) is 10.7. The van der Waals surface area contributed by atoms with E-state index in [0.29, 0.717) is 33.9 Å². The molecule has 0 fully saturated rings.